The van der Waals surface area contributed by atoms with Gasteiger partial charge in [-0.2, -0.15) is 0 Å². The maximum Gasteiger partial charge on any atom is 0.155 e. The summed E-state index contributed by atoms with van der Waals surface area (Å²) in [5.41, 5.74) is 1.15. The van der Waals surface area contributed by atoms with Crippen LogP contribution in [0.1, 0.15) is 44.6 Å². The number of hydrogen-bond donors (Lipinski definition) is 0. The van der Waals surface area contributed by atoms with E-state index >= 15 is 0 Å². The minimum absolute atomic E-state index is 0.226. The van der Waals surface area contributed by atoms with Crippen molar-refractivity contribution in [2.24, 2.45) is 0 Å². The summed E-state index contributed by atoms with van der Waals surface area (Å²) in [4.78, 5) is 11.5. The second-order valence-corrected chi connectivity index (χ2v) is 4.41. The van der Waals surface area contributed by atoms with Gasteiger partial charge in [-0.1, -0.05) is 74.7 Å². The summed E-state index contributed by atoms with van der Waals surface area (Å²) in [5, 5.41) is 0. The third-order valence-electron chi connectivity index (χ3n) is 2.76. The number of unbranched alkanes of at least 4 members (excludes halogenated alkanes) is 3. The lowest BCUT2D eigenvalue weighted by Crippen LogP contribution is -1.91. The van der Waals surface area contributed by atoms with Gasteiger partial charge in [0.05, 0.1) is 0 Å². The van der Waals surface area contributed by atoms with Crippen LogP contribution in [-0.4, -0.2) is 5.78 Å². The molecular weight excluding hydrogens is 220 g/mol. The van der Waals surface area contributed by atoms with Crippen LogP contribution in [0.4, 0.5) is 0 Å². The zero-order valence-electron chi connectivity index (χ0n) is 11.1. The van der Waals surface area contributed by atoms with E-state index in [2.05, 4.69) is 6.92 Å². The quantitative estimate of drug-likeness (QED) is 0.364. The minimum atomic E-state index is 0.226. The van der Waals surface area contributed by atoms with Gasteiger partial charge in [-0.15, -0.1) is 0 Å². The number of benzene rings is 1. The van der Waals surface area contributed by atoms with Crippen LogP contribution in [0.5, 0.6) is 0 Å². The average molecular weight is 242 g/mol. The molecule has 0 N–H and O–H groups in total. The monoisotopic (exact) mass is 242 g/mol. The second kappa shape index (κ2) is 9.41. The van der Waals surface area contributed by atoms with Crippen LogP contribution in [0, 0.1) is 0 Å². The first-order chi connectivity index (χ1) is 8.83. The van der Waals surface area contributed by atoms with E-state index in [1.54, 1.807) is 6.08 Å². The largest absolute Gasteiger partial charge is 0.295 e. The molecule has 0 aliphatic rings. The zero-order valence-corrected chi connectivity index (χ0v) is 11.1. The SMILES string of the molecule is CCCCCCC(=O)/C=C/C=C/c1ccccc1. The van der Waals surface area contributed by atoms with Crippen LogP contribution in [0.15, 0.2) is 48.6 Å². The summed E-state index contributed by atoms with van der Waals surface area (Å²) in [6.07, 6.45) is 12.7. The van der Waals surface area contributed by atoms with Crippen LogP contribution in [-0.2, 0) is 4.79 Å². The van der Waals surface area contributed by atoms with Crippen molar-refractivity contribution < 1.29 is 4.79 Å². The van der Waals surface area contributed by atoms with Crippen LogP contribution >= 0.6 is 0 Å². The number of rotatable bonds is 8. The van der Waals surface area contributed by atoms with E-state index in [0.717, 1.165) is 18.4 Å². The van der Waals surface area contributed by atoms with E-state index in [1.165, 1.54) is 12.8 Å². The summed E-state index contributed by atoms with van der Waals surface area (Å²) < 4.78 is 0. The Morgan fingerprint density at radius 2 is 1.83 bits per heavy atom. The van der Waals surface area contributed by atoms with Crippen molar-refractivity contribution >= 4 is 11.9 Å². The highest BCUT2D eigenvalue weighted by atomic mass is 16.1. The molecule has 0 bridgehead atoms. The zero-order chi connectivity index (χ0) is 13.1. The van der Waals surface area contributed by atoms with Gasteiger partial charge in [0.1, 0.15) is 0 Å². The molecular formula is C17H22O. The fourth-order valence-electron chi connectivity index (χ4n) is 1.70. The standard InChI is InChI=1S/C17H22O/c1-2-3-4-8-14-17(18)15-10-9-13-16-11-6-5-7-12-16/h5-7,9-13,15H,2-4,8,14H2,1H3/b13-9+,15-10+. The second-order valence-electron chi connectivity index (χ2n) is 4.41. The lowest BCUT2D eigenvalue weighted by atomic mass is 10.1. The Kier molecular flexibility index (Phi) is 7.54. The molecule has 0 unspecified atom stereocenters. The predicted molar refractivity (Wildman–Crippen MR) is 78.4 cm³/mol. The minimum Gasteiger partial charge on any atom is -0.295 e. The van der Waals surface area contributed by atoms with Crippen LogP contribution in [0.3, 0.4) is 0 Å². The maximum absolute atomic E-state index is 11.5. The summed E-state index contributed by atoms with van der Waals surface area (Å²) >= 11 is 0. The van der Waals surface area contributed by atoms with Gasteiger partial charge >= 0.3 is 0 Å². The van der Waals surface area contributed by atoms with Crippen molar-refractivity contribution in [1.82, 2.24) is 0 Å². The van der Waals surface area contributed by atoms with E-state index in [0.29, 0.717) is 6.42 Å². The molecule has 0 aromatic heterocycles. The Morgan fingerprint density at radius 1 is 1.06 bits per heavy atom. The Balaban J connectivity index is 2.23. The molecule has 18 heavy (non-hydrogen) atoms. The fourth-order valence-corrected chi connectivity index (χ4v) is 1.70. The van der Waals surface area contributed by atoms with Gasteiger partial charge < -0.3 is 0 Å². The van der Waals surface area contributed by atoms with E-state index in [4.69, 9.17) is 0 Å². The Hall–Kier alpha value is -1.63. The molecule has 0 aliphatic carbocycles. The van der Waals surface area contributed by atoms with Crippen molar-refractivity contribution in [2.45, 2.75) is 39.0 Å². The molecule has 0 saturated carbocycles. The van der Waals surface area contributed by atoms with E-state index < -0.39 is 0 Å². The van der Waals surface area contributed by atoms with Gasteiger partial charge in [0.25, 0.3) is 0 Å². The molecule has 0 atom stereocenters. The van der Waals surface area contributed by atoms with Crippen molar-refractivity contribution in [3.63, 3.8) is 0 Å². The van der Waals surface area contributed by atoms with E-state index in [9.17, 15) is 4.79 Å². The van der Waals surface area contributed by atoms with Gasteiger partial charge in [-0.25, -0.2) is 0 Å². The highest BCUT2D eigenvalue weighted by molar-refractivity contribution is 5.89. The highest BCUT2D eigenvalue weighted by Crippen LogP contribution is 2.04. The molecule has 0 radical (unpaired) electrons. The van der Waals surface area contributed by atoms with Crippen LogP contribution < -0.4 is 0 Å². The molecule has 0 spiro atoms. The first-order valence-electron chi connectivity index (χ1n) is 6.75. The summed E-state index contributed by atoms with van der Waals surface area (Å²) in [6, 6.07) is 10.1. The van der Waals surface area contributed by atoms with Gasteiger partial charge in [-0.05, 0) is 18.1 Å². The van der Waals surface area contributed by atoms with Crippen LogP contribution in [0.2, 0.25) is 0 Å². The lowest BCUT2D eigenvalue weighted by molar-refractivity contribution is -0.114. The molecule has 1 heteroatoms. The molecule has 1 aromatic carbocycles. The molecule has 0 saturated heterocycles. The maximum atomic E-state index is 11.5. The number of ketones is 1. The third kappa shape index (κ3) is 6.85. The lowest BCUT2D eigenvalue weighted by Gasteiger charge is -1.95. The van der Waals surface area contributed by atoms with Crippen molar-refractivity contribution in [1.29, 1.82) is 0 Å². The normalized spacial score (nSPS) is 11.4. The Morgan fingerprint density at radius 3 is 2.56 bits per heavy atom. The van der Waals surface area contributed by atoms with Gasteiger partial charge in [0.15, 0.2) is 5.78 Å². The first kappa shape index (κ1) is 14.4. The molecule has 0 heterocycles. The molecule has 0 fully saturated rings. The number of carbonyl (C=O) groups is 1. The summed E-state index contributed by atoms with van der Waals surface area (Å²) in [6.45, 7) is 2.18. The Bertz CT molecular complexity index is 387. The van der Waals surface area contributed by atoms with Gasteiger partial charge in [0, 0.05) is 6.42 Å². The summed E-state index contributed by atoms with van der Waals surface area (Å²) in [5.74, 6) is 0.226. The molecule has 96 valence electrons. The van der Waals surface area contributed by atoms with Crippen molar-refractivity contribution in [2.75, 3.05) is 0 Å². The molecule has 0 amide bonds. The first-order valence-corrected chi connectivity index (χ1v) is 6.75. The molecule has 1 aromatic rings. The highest BCUT2D eigenvalue weighted by Gasteiger charge is 1.95. The van der Waals surface area contributed by atoms with Crippen LogP contribution in [0.25, 0.3) is 6.08 Å². The van der Waals surface area contributed by atoms with E-state index in [1.807, 2.05) is 48.6 Å². The number of allylic oxidation sites excluding steroid dienone is 3. The fraction of sp³-hybridized carbons (Fsp3) is 0.353. The number of carbonyl (C=O) groups excluding carboxylic acids is 1. The smallest absolute Gasteiger partial charge is 0.155 e. The topological polar surface area (TPSA) is 17.1 Å². The van der Waals surface area contributed by atoms with E-state index in [-0.39, 0.29) is 5.78 Å². The predicted octanol–water partition coefficient (Wildman–Crippen LogP) is 4.80. The van der Waals surface area contributed by atoms with Gasteiger partial charge in [-0.3, -0.25) is 4.79 Å². The molecule has 1 nitrogen and oxygen atoms in total. The molecule has 1 rings (SSSR count). The van der Waals surface area contributed by atoms with Crippen molar-refractivity contribution in [3.05, 3.63) is 54.1 Å². The van der Waals surface area contributed by atoms with Crippen molar-refractivity contribution in [3.8, 4) is 0 Å². The summed E-state index contributed by atoms with van der Waals surface area (Å²) in [7, 11) is 0. The average Bonchev–Trinajstić information content (AvgIpc) is 2.41. The Labute approximate surface area is 110 Å². The number of hydrogen-bond acceptors (Lipinski definition) is 1. The third-order valence-corrected chi connectivity index (χ3v) is 2.76. The van der Waals surface area contributed by atoms with Gasteiger partial charge in [0.2, 0.25) is 0 Å². The molecule has 0 aliphatic heterocycles.